The van der Waals surface area contributed by atoms with Crippen LogP contribution in [0.3, 0.4) is 0 Å². The summed E-state index contributed by atoms with van der Waals surface area (Å²) in [5, 5.41) is 3.26. The molecule has 0 unspecified atom stereocenters. The molecule has 0 bridgehead atoms. The Hall–Kier alpha value is -2.34. The summed E-state index contributed by atoms with van der Waals surface area (Å²) >= 11 is 0. The third kappa shape index (κ3) is 4.07. The average Bonchev–Trinajstić information content (AvgIpc) is 3.17. The fourth-order valence-electron chi connectivity index (χ4n) is 4.29. The first-order valence-electron chi connectivity index (χ1n) is 10.4. The first kappa shape index (κ1) is 19.0. The van der Waals surface area contributed by atoms with Crippen molar-refractivity contribution in [2.75, 3.05) is 13.7 Å². The summed E-state index contributed by atoms with van der Waals surface area (Å²) < 4.78 is 5.32. The van der Waals surface area contributed by atoms with Crippen LogP contribution in [0, 0.1) is 0 Å². The van der Waals surface area contributed by atoms with Gasteiger partial charge in [0.25, 0.3) is 0 Å². The minimum absolute atomic E-state index is 0.126. The molecule has 1 amide bonds. The quantitative estimate of drug-likeness (QED) is 0.833. The van der Waals surface area contributed by atoms with E-state index in [1.165, 1.54) is 19.3 Å². The number of fused-ring (bicyclic) bond motifs is 1. The topological polar surface area (TPSA) is 70.2 Å². The van der Waals surface area contributed by atoms with Crippen molar-refractivity contribution in [1.82, 2.24) is 20.2 Å². The second-order valence-corrected chi connectivity index (χ2v) is 7.98. The number of aromatic amines is 1. The van der Waals surface area contributed by atoms with Crippen LogP contribution < -0.4 is 10.1 Å². The summed E-state index contributed by atoms with van der Waals surface area (Å²) in [6, 6.07) is 8.16. The normalized spacial score (nSPS) is 19.1. The van der Waals surface area contributed by atoms with Crippen molar-refractivity contribution in [2.45, 2.75) is 64.1 Å². The second-order valence-electron chi connectivity index (χ2n) is 7.98. The highest BCUT2D eigenvalue weighted by Gasteiger charge is 2.29. The number of hydrogen-bond acceptors (Lipinski definition) is 4. The lowest BCUT2D eigenvalue weighted by Crippen LogP contribution is -2.49. The molecule has 0 spiro atoms. The SMILES string of the molecule is COc1cccc(-c2nc3c([nH]2)CN([C@@H](C)C(=O)NC2CCCCC2)CC3)c1. The Morgan fingerprint density at radius 1 is 1.32 bits per heavy atom. The Bertz CT molecular complexity index is 826. The Balaban J connectivity index is 1.42. The molecule has 1 fully saturated rings. The zero-order valence-electron chi connectivity index (χ0n) is 16.8. The largest absolute Gasteiger partial charge is 0.497 e. The highest BCUT2D eigenvalue weighted by atomic mass is 16.5. The molecular weight excluding hydrogens is 352 g/mol. The molecule has 1 aliphatic heterocycles. The van der Waals surface area contributed by atoms with E-state index in [0.29, 0.717) is 6.04 Å². The third-order valence-corrected chi connectivity index (χ3v) is 6.08. The molecule has 1 aromatic heterocycles. The Morgan fingerprint density at radius 2 is 2.14 bits per heavy atom. The number of ether oxygens (including phenoxy) is 1. The van der Waals surface area contributed by atoms with E-state index in [9.17, 15) is 4.79 Å². The molecule has 4 rings (SSSR count). The van der Waals surface area contributed by atoms with Gasteiger partial charge in [-0.3, -0.25) is 9.69 Å². The molecule has 1 aliphatic carbocycles. The molecule has 0 radical (unpaired) electrons. The van der Waals surface area contributed by atoms with Gasteiger partial charge in [0.1, 0.15) is 11.6 Å². The van der Waals surface area contributed by atoms with Gasteiger partial charge in [-0.15, -0.1) is 0 Å². The van der Waals surface area contributed by atoms with Crippen LogP contribution in [-0.2, 0) is 17.8 Å². The highest BCUT2D eigenvalue weighted by molar-refractivity contribution is 5.81. The number of carbonyl (C=O) groups is 1. The van der Waals surface area contributed by atoms with Crippen LogP contribution in [0.2, 0.25) is 0 Å². The van der Waals surface area contributed by atoms with Crippen molar-refractivity contribution in [3.8, 4) is 17.1 Å². The van der Waals surface area contributed by atoms with Crippen LogP contribution in [0.15, 0.2) is 24.3 Å². The van der Waals surface area contributed by atoms with E-state index in [1.807, 2.05) is 31.2 Å². The number of benzene rings is 1. The van der Waals surface area contributed by atoms with Crippen LogP contribution in [0.1, 0.15) is 50.4 Å². The van der Waals surface area contributed by atoms with Gasteiger partial charge in [0.15, 0.2) is 0 Å². The molecule has 150 valence electrons. The van der Waals surface area contributed by atoms with Crippen LogP contribution >= 0.6 is 0 Å². The van der Waals surface area contributed by atoms with E-state index in [4.69, 9.17) is 9.72 Å². The van der Waals surface area contributed by atoms with Gasteiger partial charge in [-0.1, -0.05) is 31.4 Å². The first-order valence-corrected chi connectivity index (χ1v) is 10.4. The van der Waals surface area contributed by atoms with E-state index in [0.717, 1.165) is 60.9 Å². The fourth-order valence-corrected chi connectivity index (χ4v) is 4.29. The predicted molar refractivity (Wildman–Crippen MR) is 109 cm³/mol. The summed E-state index contributed by atoms with van der Waals surface area (Å²) in [7, 11) is 1.67. The van der Waals surface area contributed by atoms with Crippen molar-refractivity contribution >= 4 is 5.91 Å². The molecule has 0 saturated heterocycles. The number of carbonyl (C=O) groups excluding carboxylic acids is 1. The first-order chi connectivity index (χ1) is 13.6. The molecule has 2 aromatic rings. The summed E-state index contributed by atoms with van der Waals surface area (Å²) in [6.07, 6.45) is 6.85. The predicted octanol–water partition coefficient (Wildman–Crippen LogP) is 3.28. The fraction of sp³-hybridized carbons (Fsp3) is 0.545. The van der Waals surface area contributed by atoms with E-state index in [2.05, 4.69) is 15.2 Å². The van der Waals surface area contributed by atoms with Crippen LogP contribution in [0.5, 0.6) is 5.75 Å². The van der Waals surface area contributed by atoms with E-state index < -0.39 is 0 Å². The number of rotatable bonds is 5. The van der Waals surface area contributed by atoms with Crippen molar-refractivity contribution in [2.24, 2.45) is 0 Å². The number of nitrogens with zero attached hydrogens (tertiary/aromatic N) is 2. The highest BCUT2D eigenvalue weighted by Crippen LogP contribution is 2.26. The number of methoxy groups -OCH3 is 1. The summed E-state index contributed by atoms with van der Waals surface area (Å²) in [4.78, 5) is 23.2. The zero-order valence-corrected chi connectivity index (χ0v) is 16.8. The number of hydrogen-bond donors (Lipinski definition) is 2. The number of imidazole rings is 1. The lowest BCUT2D eigenvalue weighted by molar-refractivity contribution is -0.127. The van der Waals surface area contributed by atoms with Crippen molar-refractivity contribution < 1.29 is 9.53 Å². The third-order valence-electron chi connectivity index (χ3n) is 6.08. The molecule has 1 atom stereocenters. The minimum atomic E-state index is -0.126. The van der Waals surface area contributed by atoms with Crippen molar-refractivity contribution in [3.05, 3.63) is 35.7 Å². The number of aromatic nitrogens is 2. The molecule has 6 nitrogen and oxygen atoms in total. The maximum Gasteiger partial charge on any atom is 0.237 e. The lowest BCUT2D eigenvalue weighted by atomic mass is 9.95. The summed E-state index contributed by atoms with van der Waals surface area (Å²) in [5.74, 6) is 1.84. The van der Waals surface area contributed by atoms with Gasteiger partial charge in [-0.25, -0.2) is 4.98 Å². The molecular formula is C22H30N4O2. The molecule has 2 N–H and O–H groups in total. The molecule has 2 aliphatic rings. The van der Waals surface area contributed by atoms with E-state index >= 15 is 0 Å². The van der Waals surface area contributed by atoms with Crippen LogP contribution in [-0.4, -0.2) is 46.5 Å². The van der Waals surface area contributed by atoms with Crippen molar-refractivity contribution in [1.29, 1.82) is 0 Å². The monoisotopic (exact) mass is 382 g/mol. The number of H-pyrrole nitrogens is 1. The molecule has 6 heteroatoms. The Morgan fingerprint density at radius 3 is 2.93 bits per heavy atom. The average molecular weight is 383 g/mol. The maximum atomic E-state index is 12.7. The van der Waals surface area contributed by atoms with Gasteiger partial charge in [0, 0.05) is 31.1 Å². The Labute approximate surface area is 166 Å². The standard InChI is InChI=1S/C22H30N4O2/c1-15(22(27)23-17-8-4-3-5-9-17)26-12-11-19-20(14-26)25-21(24-19)16-7-6-10-18(13-16)28-2/h6-7,10,13,15,17H,3-5,8-9,11-12,14H2,1-2H3,(H,23,27)(H,24,25)/t15-/m0/s1. The van der Waals surface area contributed by atoms with Gasteiger partial charge in [-0.05, 0) is 31.9 Å². The number of nitrogens with one attached hydrogen (secondary N) is 2. The summed E-state index contributed by atoms with van der Waals surface area (Å²) in [6.45, 7) is 3.60. The van der Waals surface area contributed by atoms with Gasteiger partial charge in [0.2, 0.25) is 5.91 Å². The molecule has 2 heterocycles. The number of amides is 1. The van der Waals surface area contributed by atoms with E-state index in [1.54, 1.807) is 7.11 Å². The molecule has 28 heavy (non-hydrogen) atoms. The lowest BCUT2D eigenvalue weighted by Gasteiger charge is -2.32. The van der Waals surface area contributed by atoms with Gasteiger partial charge >= 0.3 is 0 Å². The van der Waals surface area contributed by atoms with E-state index in [-0.39, 0.29) is 11.9 Å². The minimum Gasteiger partial charge on any atom is -0.497 e. The van der Waals surface area contributed by atoms with Crippen LogP contribution in [0.4, 0.5) is 0 Å². The maximum absolute atomic E-state index is 12.7. The molecule has 1 aromatic carbocycles. The van der Waals surface area contributed by atoms with Gasteiger partial charge in [0.05, 0.1) is 24.5 Å². The summed E-state index contributed by atoms with van der Waals surface area (Å²) in [5.41, 5.74) is 3.23. The van der Waals surface area contributed by atoms with Gasteiger partial charge in [-0.2, -0.15) is 0 Å². The molecule has 1 saturated carbocycles. The second kappa shape index (κ2) is 8.35. The van der Waals surface area contributed by atoms with Crippen LogP contribution in [0.25, 0.3) is 11.4 Å². The Kier molecular flexibility index (Phi) is 5.67. The zero-order chi connectivity index (χ0) is 19.5. The van der Waals surface area contributed by atoms with Gasteiger partial charge < -0.3 is 15.0 Å². The van der Waals surface area contributed by atoms with Crippen molar-refractivity contribution in [3.63, 3.8) is 0 Å². The smallest absolute Gasteiger partial charge is 0.237 e.